The van der Waals surface area contributed by atoms with Crippen LogP contribution < -0.4 is 20.9 Å². The monoisotopic (exact) mass is 614 g/mol. The molecular formula is C35H43ClN6O2. The first-order chi connectivity index (χ1) is 21.4. The van der Waals surface area contributed by atoms with Crippen LogP contribution in [0.5, 0.6) is 0 Å². The van der Waals surface area contributed by atoms with E-state index in [0.717, 1.165) is 38.3 Å². The summed E-state index contributed by atoms with van der Waals surface area (Å²) in [4.78, 5) is 34.3. The zero-order valence-corrected chi connectivity index (χ0v) is 26.2. The Bertz CT molecular complexity index is 1440. The molecule has 3 aromatic rings. The maximum atomic E-state index is 14.0. The van der Waals surface area contributed by atoms with Crippen molar-refractivity contribution in [2.24, 2.45) is 0 Å². The summed E-state index contributed by atoms with van der Waals surface area (Å²) in [5.74, 6) is -0.174. The van der Waals surface area contributed by atoms with Crippen molar-refractivity contribution in [2.45, 2.75) is 50.5 Å². The van der Waals surface area contributed by atoms with Gasteiger partial charge in [0.05, 0.1) is 6.04 Å². The predicted molar refractivity (Wildman–Crippen MR) is 176 cm³/mol. The van der Waals surface area contributed by atoms with E-state index >= 15 is 0 Å². The molecular weight excluding hydrogens is 572 g/mol. The van der Waals surface area contributed by atoms with Crippen LogP contribution in [0, 0.1) is 0 Å². The molecule has 0 bridgehead atoms. The van der Waals surface area contributed by atoms with E-state index in [4.69, 9.17) is 11.6 Å². The largest absolute Gasteiger partial charge is 0.368 e. The molecule has 0 radical (unpaired) electrons. The minimum atomic E-state index is -0.657. The smallest absolute Gasteiger partial charge is 0.245 e. The van der Waals surface area contributed by atoms with E-state index in [2.05, 4.69) is 69.2 Å². The molecule has 0 aromatic heterocycles. The van der Waals surface area contributed by atoms with E-state index < -0.39 is 6.04 Å². The van der Waals surface area contributed by atoms with Gasteiger partial charge in [-0.2, -0.15) is 0 Å². The third-order valence-corrected chi connectivity index (χ3v) is 9.62. The standard InChI is InChI=1S/C35H43ClN6O2/c1-40(30-14-15-37-23-30)24-28-8-4-5-9-33(28)41-16-18-42(19-17-41)35(44)32(20-25-10-12-29(36)13-11-25)39-34(43)31-21-26-6-2-3-7-27(26)22-38-31/h2-13,30-32,37-38H,14-24H2,1H3,(H,39,43)/t30-,31-,32+/m0/s1. The molecule has 0 unspecified atom stereocenters. The lowest BCUT2D eigenvalue weighted by molar-refractivity contribution is -0.137. The van der Waals surface area contributed by atoms with Gasteiger partial charge in [0.25, 0.3) is 0 Å². The first kappa shape index (κ1) is 30.6. The highest BCUT2D eigenvalue weighted by atomic mass is 35.5. The molecule has 0 saturated carbocycles. The summed E-state index contributed by atoms with van der Waals surface area (Å²) in [6.45, 7) is 6.38. The first-order valence-corrected chi connectivity index (χ1v) is 16.2. The second kappa shape index (κ2) is 14.1. The maximum absolute atomic E-state index is 14.0. The number of halogens is 1. The van der Waals surface area contributed by atoms with Crippen molar-refractivity contribution < 1.29 is 9.59 Å². The normalized spacial score (nSPS) is 20.8. The topological polar surface area (TPSA) is 80.0 Å². The number of nitrogens with zero attached hydrogens (tertiary/aromatic N) is 3. The van der Waals surface area contributed by atoms with Crippen molar-refractivity contribution in [1.82, 2.24) is 25.8 Å². The number of anilines is 1. The molecule has 3 heterocycles. The van der Waals surface area contributed by atoms with Gasteiger partial charge in [-0.3, -0.25) is 14.5 Å². The maximum Gasteiger partial charge on any atom is 0.245 e. The van der Waals surface area contributed by atoms with Crippen molar-refractivity contribution in [3.05, 3.63) is 100 Å². The summed E-state index contributed by atoms with van der Waals surface area (Å²) in [7, 11) is 2.21. The number of likely N-dealkylation sites (N-methyl/N-ethyl adjacent to an activating group) is 1. The highest BCUT2D eigenvalue weighted by molar-refractivity contribution is 6.30. The van der Waals surface area contributed by atoms with Crippen molar-refractivity contribution >= 4 is 29.1 Å². The number of carbonyl (C=O) groups excluding carboxylic acids is 2. The molecule has 44 heavy (non-hydrogen) atoms. The number of benzene rings is 3. The lowest BCUT2D eigenvalue weighted by Crippen LogP contribution is -2.58. The van der Waals surface area contributed by atoms with Crippen LogP contribution in [0.4, 0.5) is 5.69 Å². The SMILES string of the molecule is CN(Cc1ccccc1N1CCN(C(=O)[C@@H](Cc2ccc(Cl)cc2)NC(=O)[C@@H]2Cc3ccccc3CN2)CC1)[C@H]1CCNC1. The Morgan fingerprint density at radius 2 is 1.70 bits per heavy atom. The van der Waals surface area contributed by atoms with Gasteiger partial charge in [0.15, 0.2) is 0 Å². The fraction of sp³-hybridized carbons (Fsp3) is 0.429. The number of piperazine rings is 1. The van der Waals surface area contributed by atoms with Gasteiger partial charge >= 0.3 is 0 Å². The van der Waals surface area contributed by atoms with Gasteiger partial charge in [-0.1, -0.05) is 66.2 Å². The third kappa shape index (κ3) is 7.26. The van der Waals surface area contributed by atoms with Gasteiger partial charge in [-0.15, -0.1) is 0 Å². The second-order valence-electron chi connectivity index (χ2n) is 12.3. The van der Waals surface area contributed by atoms with Crippen LogP contribution in [0.1, 0.15) is 28.7 Å². The summed E-state index contributed by atoms with van der Waals surface area (Å²) >= 11 is 6.13. The van der Waals surface area contributed by atoms with Gasteiger partial charge in [-0.25, -0.2) is 0 Å². The van der Waals surface area contributed by atoms with E-state index in [1.807, 2.05) is 41.3 Å². The predicted octanol–water partition coefficient (Wildman–Crippen LogP) is 3.22. The summed E-state index contributed by atoms with van der Waals surface area (Å²) in [5.41, 5.74) is 5.91. The van der Waals surface area contributed by atoms with Crippen molar-refractivity contribution in [3.8, 4) is 0 Å². The number of hydrogen-bond donors (Lipinski definition) is 3. The van der Waals surface area contributed by atoms with Crippen LogP contribution in [0.3, 0.4) is 0 Å². The molecule has 232 valence electrons. The number of amides is 2. The van der Waals surface area contributed by atoms with Crippen LogP contribution >= 0.6 is 11.6 Å². The first-order valence-electron chi connectivity index (χ1n) is 15.8. The number of carbonyl (C=O) groups is 2. The number of hydrogen-bond acceptors (Lipinski definition) is 6. The Morgan fingerprint density at radius 3 is 2.45 bits per heavy atom. The Morgan fingerprint density at radius 1 is 0.977 bits per heavy atom. The third-order valence-electron chi connectivity index (χ3n) is 9.37. The summed E-state index contributed by atoms with van der Waals surface area (Å²) in [6, 6.07) is 23.9. The van der Waals surface area contributed by atoms with E-state index in [9.17, 15) is 9.59 Å². The minimum Gasteiger partial charge on any atom is -0.368 e. The zero-order chi connectivity index (χ0) is 30.5. The van der Waals surface area contributed by atoms with Gasteiger partial charge in [0, 0.05) is 69.0 Å². The molecule has 3 atom stereocenters. The molecule has 0 aliphatic carbocycles. The van der Waals surface area contributed by atoms with E-state index in [0.29, 0.717) is 43.5 Å². The van der Waals surface area contributed by atoms with Gasteiger partial charge in [0.1, 0.15) is 6.04 Å². The fourth-order valence-electron chi connectivity index (χ4n) is 6.72. The molecule has 2 saturated heterocycles. The van der Waals surface area contributed by atoms with E-state index in [1.165, 1.54) is 28.8 Å². The fourth-order valence-corrected chi connectivity index (χ4v) is 6.85. The quantitative estimate of drug-likeness (QED) is 0.344. The molecule has 3 aliphatic heterocycles. The zero-order valence-electron chi connectivity index (χ0n) is 25.5. The number of fused-ring (bicyclic) bond motifs is 1. The summed E-state index contributed by atoms with van der Waals surface area (Å²) in [5, 5.41) is 10.6. The van der Waals surface area contributed by atoms with Gasteiger partial charge in [-0.05, 0) is 66.9 Å². The Hall–Kier alpha value is -3.43. The lowest BCUT2D eigenvalue weighted by Gasteiger charge is -2.39. The molecule has 9 heteroatoms. The second-order valence-corrected chi connectivity index (χ2v) is 12.7. The highest BCUT2D eigenvalue weighted by Crippen LogP contribution is 2.25. The highest BCUT2D eigenvalue weighted by Gasteiger charge is 2.32. The van der Waals surface area contributed by atoms with Crippen molar-refractivity contribution in [3.63, 3.8) is 0 Å². The van der Waals surface area contributed by atoms with Crippen LogP contribution in [0.15, 0.2) is 72.8 Å². The lowest BCUT2D eigenvalue weighted by atomic mass is 9.95. The van der Waals surface area contributed by atoms with Gasteiger partial charge < -0.3 is 25.8 Å². The number of nitrogens with one attached hydrogen (secondary N) is 3. The molecule has 3 aromatic carbocycles. The molecule has 2 fully saturated rings. The average Bonchev–Trinajstić information content (AvgIpc) is 3.61. The Balaban J connectivity index is 1.12. The average molecular weight is 615 g/mol. The van der Waals surface area contributed by atoms with Crippen molar-refractivity contribution in [1.29, 1.82) is 0 Å². The summed E-state index contributed by atoms with van der Waals surface area (Å²) in [6.07, 6.45) is 2.20. The van der Waals surface area contributed by atoms with Gasteiger partial charge in [0.2, 0.25) is 11.8 Å². The number of rotatable bonds is 9. The van der Waals surface area contributed by atoms with Crippen molar-refractivity contribution in [2.75, 3.05) is 51.2 Å². The number of para-hydroxylation sites is 1. The Labute approximate surface area is 265 Å². The molecule has 6 rings (SSSR count). The molecule has 8 nitrogen and oxygen atoms in total. The van der Waals surface area contributed by atoms with E-state index in [-0.39, 0.29) is 17.9 Å². The minimum absolute atomic E-state index is 0.0362. The molecule has 2 amide bonds. The van der Waals surface area contributed by atoms with Crippen LogP contribution in [0.25, 0.3) is 0 Å². The van der Waals surface area contributed by atoms with Crippen LogP contribution in [-0.4, -0.2) is 86.1 Å². The van der Waals surface area contributed by atoms with Crippen LogP contribution in [-0.2, 0) is 35.5 Å². The summed E-state index contributed by atoms with van der Waals surface area (Å²) < 4.78 is 0. The van der Waals surface area contributed by atoms with Crippen LogP contribution in [0.2, 0.25) is 5.02 Å². The van der Waals surface area contributed by atoms with E-state index in [1.54, 1.807) is 0 Å². The molecule has 3 N–H and O–H groups in total. The Kier molecular flexibility index (Phi) is 9.82. The molecule has 0 spiro atoms. The molecule has 3 aliphatic rings.